The van der Waals surface area contributed by atoms with Crippen LogP contribution >= 0.6 is 0 Å². The fourth-order valence-corrected chi connectivity index (χ4v) is 4.53. The van der Waals surface area contributed by atoms with Crippen LogP contribution in [0.3, 0.4) is 0 Å². The number of rotatable bonds is 7. The van der Waals surface area contributed by atoms with Gasteiger partial charge in [0, 0.05) is 24.9 Å². The zero-order chi connectivity index (χ0) is 26.2. The third-order valence-corrected chi connectivity index (χ3v) is 6.79. The first-order chi connectivity index (χ1) is 17.8. The predicted molar refractivity (Wildman–Crippen MR) is 126 cm³/mol. The average molecular weight is 519 g/mol. The van der Waals surface area contributed by atoms with Gasteiger partial charge in [0.25, 0.3) is 5.88 Å². The third-order valence-electron chi connectivity index (χ3n) is 6.79. The molecule has 1 saturated carbocycles. The summed E-state index contributed by atoms with van der Waals surface area (Å²) in [6.07, 6.45) is 2.03. The van der Waals surface area contributed by atoms with Crippen molar-refractivity contribution in [1.29, 1.82) is 0 Å². The summed E-state index contributed by atoms with van der Waals surface area (Å²) in [6.45, 7) is 5.11. The van der Waals surface area contributed by atoms with Crippen molar-refractivity contribution in [3.63, 3.8) is 0 Å². The van der Waals surface area contributed by atoms with E-state index in [9.17, 15) is 14.0 Å². The maximum absolute atomic E-state index is 15.3. The molecular formula is C25H28F2N4O6. The number of aromatic nitrogens is 2. The van der Waals surface area contributed by atoms with Crippen LogP contribution in [0.2, 0.25) is 0 Å². The Morgan fingerprint density at radius 2 is 1.92 bits per heavy atom. The molecule has 2 aromatic rings. The van der Waals surface area contributed by atoms with Crippen molar-refractivity contribution >= 4 is 23.6 Å². The van der Waals surface area contributed by atoms with Crippen molar-refractivity contribution in [1.82, 2.24) is 14.9 Å². The topological polar surface area (TPSA) is 112 Å². The second-order valence-corrected chi connectivity index (χ2v) is 9.74. The van der Waals surface area contributed by atoms with Crippen molar-refractivity contribution in [3.05, 3.63) is 41.7 Å². The van der Waals surface area contributed by atoms with E-state index < -0.39 is 23.7 Å². The van der Waals surface area contributed by atoms with Crippen molar-refractivity contribution in [2.45, 2.75) is 38.4 Å². The van der Waals surface area contributed by atoms with Crippen LogP contribution in [0.1, 0.15) is 37.0 Å². The molecule has 3 heterocycles. The summed E-state index contributed by atoms with van der Waals surface area (Å²) in [6, 6.07) is 3.66. The first kappa shape index (κ1) is 25.1. The molecule has 1 aromatic carbocycles. The Morgan fingerprint density at radius 1 is 1.19 bits per heavy atom. The quantitative estimate of drug-likeness (QED) is 0.549. The zero-order valence-corrected chi connectivity index (χ0v) is 20.5. The van der Waals surface area contributed by atoms with Crippen LogP contribution < -0.4 is 10.1 Å². The summed E-state index contributed by atoms with van der Waals surface area (Å²) < 4.78 is 52.0. The Labute approximate surface area is 212 Å². The van der Waals surface area contributed by atoms with E-state index in [2.05, 4.69) is 15.3 Å². The van der Waals surface area contributed by atoms with E-state index in [4.69, 9.17) is 18.9 Å². The molecule has 2 saturated heterocycles. The molecule has 198 valence electrons. The van der Waals surface area contributed by atoms with E-state index in [1.807, 2.05) is 6.92 Å². The summed E-state index contributed by atoms with van der Waals surface area (Å²) in [5, 5.41) is 2.59. The number of carbonyl (C=O) groups excluding carboxylic acids is 2. The fourth-order valence-electron chi connectivity index (χ4n) is 4.53. The summed E-state index contributed by atoms with van der Waals surface area (Å²) >= 11 is 0. The number of hydrogen-bond acceptors (Lipinski definition) is 9. The first-order valence-electron chi connectivity index (χ1n) is 12.2. The lowest BCUT2D eigenvalue weighted by molar-refractivity contribution is -0.112. The summed E-state index contributed by atoms with van der Waals surface area (Å²) in [4.78, 5) is 33.9. The van der Waals surface area contributed by atoms with Crippen molar-refractivity contribution < 1.29 is 37.3 Å². The minimum absolute atomic E-state index is 0.0345. The maximum Gasteiger partial charge on any atom is 0.410 e. The molecular weight excluding hydrogens is 490 g/mol. The minimum Gasteiger partial charge on any atom is -0.471 e. The van der Waals surface area contributed by atoms with Gasteiger partial charge >= 0.3 is 12.1 Å². The van der Waals surface area contributed by atoms with Crippen LogP contribution in [0.25, 0.3) is 0 Å². The first-order valence-corrected chi connectivity index (χ1v) is 12.2. The molecule has 12 heteroatoms. The maximum atomic E-state index is 15.3. The number of piperidine rings is 1. The Kier molecular flexibility index (Phi) is 6.84. The smallest absolute Gasteiger partial charge is 0.410 e. The molecule has 1 amide bonds. The Morgan fingerprint density at radius 3 is 2.57 bits per heavy atom. The number of ether oxygens (including phenoxy) is 4. The number of carbonyl (C=O) groups is 2. The molecule has 0 radical (unpaired) electrons. The van der Waals surface area contributed by atoms with Gasteiger partial charge in [0.2, 0.25) is 5.82 Å². The van der Waals surface area contributed by atoms with E-state index in [1.54, 1.807) is 11.8 Å². The second-order valence-electron chi connectivity index (χ2n) is 9.74. The molecule has 1 N–H and O–H groups in total. The van der Waals surface area contributed by atoms with Gasteiger partial charge in [0.1, 0.15) is 23.8 Å². The van der Waals surface area contributed by atoms with Crippen LogP contribution in [0.4, 0.5) is 25.1 Å². The van der Waals surface area contributed by atoms with E-state index >= 15 is 4.39 Å². The highest BCUT2D eigenvalue weighted by atomic mass is 19.1. The highest BCUT2D eigenvalue weighted by molar-refractivity contribution is 5.90. The Hall–Kier alpha value is -3.54. The minimum atomic E-state index is -0.890. The summed E-state index contributed by atoms with van der Waals surface area (Å²) in [7, 11) is 0. The summed E-state index contributed by atoms with van der Waals surface area (Å²) in [5.74, 6) is -3.31. The molecule has 2 atom stereocenters. The van der Waals surface area contributed by atoms with E-state index in [0.29, 0.717) is 26.3 Å². The van der Waals surface area contributed by atoms with Crippen LogP contribution in [0.5, 0.6) is 5.88 Å². The van der Waals surface area contributed by atoms with E-state index in [1.165, 1.54) is 12.1 Å². The van der Waals surface area contributed by atoms with Gasteiger partial charge in [-0.1, -0.05) is 0 Å². The SMILES string of the molecule is CCOC(=O)c1ccc(Nc2ncnc(OC3C4COCC3CN(C(=O)OC3(C)CC3)C4)c2F)c(F)c1. The molecule has 10 nitrogen and oxygen atoms in total. The van der Waals surface area contributed by atoms with Crippen LogP contribution in [-0.2, 0) is 14.2 Å². The van der Waals surface area contributed by atoms with Crippen molar-refractivity contribution in [2.75, 3.05) is 38.2 Å². The lowest BCUT2D eigenvalue weighted by Crippen LogP contribution is -2.59. The highest BCUT2D eigenvalue weighted by Crippen LogP contribution is 2.40. The van der Waals surface area contributed by atoms with Gasteiger partial charge in [-0.15, -0.1) is 0 Å². The zero-order valence-electron chi connectivity index (χ0n) is 20.5. The van der Waals surface area contributed by atoms with Crippen LogP contribution in [0, 0.1) is 23.5 Å². The molecule has 5 rings (SSSR count). The number of amides is 1. The predicted octanol–water partition coefficient (Wildman–Crippen LogP) is 3.69. The third kappa shape index (κ3) is 5.43. The molecule has 2 unspecified atom stereocenters. The van der Waals surface area contributed by atoms with Gasteiger partial charge in [0.05, 0.1) is 31.1 Å². The average Bonchev–Trinajstić information content (AvgIpc) is 3.58. The molecule has 3 aliphatic rings. The van der Waals surface area contributed by atoms with Gasteiger partial charge in [-0.05, 0) is 44.9 Å². The monoisotopic (exact) mass is 518 g/mol. The van der Waals surface area contributed by atoms with Gasteiger partial charge in [0.15, 0.2) is 5.82 Å². The highest BCUT2D eigenvalue weighted by Gasteiger charge is 2.47. The number of halogens is 2. The van der Waals surface area contributed by atoms with Crippen molar-refractivity contribution in [2.24, 2.45) is 11.8 Å². The largest absolute Gasteiger partial charge is 0.471 e. The molecule has 3 fully saturated rings. The van der Waals surface area contributed by atoms with Crippen LogP contribution in [-0.4, -0.2) is 71.5 Å². The molecule has 1 aromatic heterocycles. The van der Waals surface area contributed by atoms with Crippen LogP contribution in [0.15, 0.2) is 24.5 Å². The number of fused-ring (bicyclic) bond motifs is 2. The van der Waals surface area contributed by atoms with E-state index in [-0.39, 0.29) is 53.1 Å². The number of benzene rings is 1. The van der Waals surface area contributed by atoms with Crippen molar-refractivity contribution in [3.8, 4) is 5.88 Å². The summed E-state index contributed by atoms with van der Waals surface area (Å²) in [5.41, 5.74) is -0.423. The molecule has 37 heavy (non-hydrogen) atoms. The Bertz CT molecular complexity index is 1180. The lowest BCUT2D eigenvalue weighted by atomic mass is 9.84. The fraction of sp³-hybridized carbons (Fsp3) is 0.520. The normalized spacial score (nSPS) is 23.7. The van der Waals surface area contributed by atoms with Gasteiger partial charge < -0.3 is 29.2 Å². The number of esters is 1. The number of hydrogen-bond donors (Lipinski definition) is 1. The molecule has 1 aliphatic carbocycles. The number of likely N-dealkylation sites (tertiary alicyclic amines) is 1. The number of nitrogens with zero attached hydrogens (tertiary/aromatic N) is 3. The molecule has 2 bridgehead atoms. The van der Waals surface area contributed by atoms with Gasteiger partial charge in [-0.25, -0.2) is 19.0 Å². The molecule has 0 spiro atoms. The second kappa shape index (κ2) is 10.1. The number of nitrogens with one attached hydrogen (secondary N) is 1. The van der Waals surface area contributed by atoms with Gasteiger partial charge in [-0.2, -0.15) is 9.37 Å². The van der Waals surface area contributed by atoms with E-state index in [0.717, 1.165) is 25.2 Å². The van der Waals surface area contributed by atoms with Gasteiger partial charge in [-0.3, -0.25) is 0 Å². The standard InChI is InChI=1S/C25H28F2N4O6/c1-3-35-23(32)14-4-5-18(17(26)8-14)30-21-19(27)22(29-13-28-21)36-20-15-9-31(10-16(20)12-34-11-15)24(33)37-25(2)6-7-25/h4-5,8,13,15-16,20H,3,6-7,9-12H2,1-2H3,(H,28,29,30). The lowest BCUT2D eigenvalue weighted by Gasteiger charge is -2.46. The Balaban J connectivity index is 1.28. The molecule has 2 aliphatic heterocycles. The number of anilines is 2.